The molecule has 2 heterocycles. The van der Waals surface area contributed by atoms with Crippen LogP contribution in [0.2, 0.25) is 0 Å². The van der Waals surface area contributed by atoms with Crippen molar-refractivity contribution >= 4 is 57.6 Å². The fourth-order valence-corrected chi connectivity index (χ4v) is 5.00. The van der Waals surface area contributed by atoms with Crippen molar-refractivity contribution in [2.75, 3.05) is 11.5 Å². The molecule has 2 unspecified atom stereocenters. The Morgan fingerprint density at radius 2 is 2.15 bits per heavy atom. The van der Waals surface area contributed by atoms with Gasteiger partial charge in [0.05, 0.1) is 5.25 Å². The molecule has 1 aliphatic rings. The number of nitrogens with zero attached hydrogens (tertiary/aromatic N) is 2. The fraction of sp³-hybridized carbons (Fsp3) is 0.714. The van der Waals surface area contributed by atoms with Gasteiger partial charge in [-0.3, -0.25) is 0 Å². The van der Waals surface area contributed by atoms with Crippen molar-refractivity contribution in [2.24, 2.45) is 0 Å². The van der Waals surface area contributed by atoms with E-state index in [1.807, 2.05) is 23.5 Å². The summed E-state index contributed by atoms with van der Waals surface area (Å²) in [6.07, 6.45) is 0. The molecule has 13 heavy (non-hydrogen) atoms. The monoisotopic (exact) mass is 344 g/mol. The lowest BCUT2D eigenvalue weighted by atomic mass is 10.3. The van der Waals surface area contributed by atoms with Gasteiger partial charge < -0.3 is 0 Å². The summed E-state index contributed by atoms with van der Waals surface area (Å²) in [5, 5.41) is 1.17. The molecule has 0 bridgehead atoms. The summed E-state index contributed by atoms with van der Waals surface area (Å²) >= 11 is 7.76. The summed E-state index contributed by atoms with van der Waals surface area (Å²) in [5.41, 5.74) is 0. The molecule has 1 fully saturated rings. The third-order valence-electron chi connectivity index (χ3n) is 1.86. The summed E-state index contributed by atoms with van der Waals surface area (Å²) in [6.45, 7) is 2.27. The first-order valence-electron chi connectivity index (χ1n) is 3.99. The Morgan fingerprint density at radius 3 is 2.77 bits per heavy atom. The second kappa shape index (κ2) is 4.67. The minimum atomic E-state index is 0.513. The Morgan fingerprint density at radius 1 is 1.38 bits per heavy atom. The van der Waals surface area contributed by atoms with E-state index in [0.29, 0.717) is 10.5 Å². The van der Waals surface area contributed by atoms with Crippen LogP contribution in [0.4, 0.5) is 0 Å². The van der Waals surface area contributed by atoms with E-state index < -0.39 is 0 Å². The Kier molecular flexibility index (Phi) is 3.78. The molecule has 6 heteroatoms. The van der Waals surface area contributed by atoms with Crippen molar-refractivity contribution < 1.29 is 0 Å². The van der Waals surface area contributed by atoms with Crippen LogP contribution in [0.3, 0.4) is 0 Å². The lowest BCUT2D eigenvalue weighted by Crippen LogP contribution is -2.16. The molecule has 0 aliphatic carbocycles. The van der Waals surface area contributed by atoms with Crippen molar-refractivity contribution in [2.45, 2.75) is 17.4 Å². The Balaban J connectivity index is 2.14. The number of aromatic nitrogens is 2. The maximum Gasteiger partial charge on any atom is 0.174 e. The van der Waals surface area contributed by atoms with Crippen LogP contribution in [0, 0.1) is 3.01 Å². The van der Waals surface area contributed by atoms with E-state index in [0.717, 1.165) is 8.84 Å². The van der Waals surface area contributed by atoms with Gasteiger partial charge in [-0.1, -0.05) is 6.92 Å². The fourth-order valence-electron chi connectivity index (χ4n) is 1.25. The summed E-state index contributed by atoms with van der Waals surface area (Å²) in [7, 11) is 0. The predicted octanol–water partition coefficient (Wildman–Crippen LogP) is 3.05. The highest BCUT2D eigenvalue weighted by molar-refractivity contribution is 14.1. The highest BCUT2D eigenvalue weighted by Gasteiger charge is 2.27. The van der Waals surface area contributed by atoms with Crippen molar-refractivity contribution in [1.82, 2.24) is 9.36 Å². The van der Waals surface area contributed by atoms with Crippen LogP contribution < -0.4 is 0 Å². The van der Waals surface area contributed by atoms with Crippen molar-refractivity contribution in [3.05, 3.63) is 8.84 Å². The van der Waals surface area contributed by atoms with E-state index in [4.69, 9.17) is 0 Å². The number of thioether (sulfide) groups is 2. The van der Waals surface area contributed by atoms with E-state index >= 15 is 0 Å². The van der Waals surface area contributed by atoms with Crippen molar-refractivity contribution in [3.63, 3.8) is 0 Å². The van der Waals surface area contributed by atoms with E-state index in [-0.39, 0.29) is 0 Å². The van der Waals surface area contributed by atoms with Crippen LogP contribution in [-0.2, 0) is 0 Å². The molecule has 0 radical (unpaired) electrons. The van der Waals surface area contributed by atoms with Gasteiger partial charge in [-0.05, 0) is 34.1 Å². The summed E-state index contributed by atoms with van der Waals surface area (Å²) in [4.78, 5) is 4.44. The van der Waals surface area contributed by atoms with Crippen LogP contribution in [0.25, 0.3) is 0 Å². The quantitative estimate of drug-likeness (QED) is 0.732. The molecule has 0 amide bonds. The molecule has 0 spiro atoms. The highest BCUT2D eigenvalue weighted by Crippen LogP contribution is 2.41. The summed E-state index contributed by atoms with van der Waals surface area (Å²) in [5.74, 6) is 3.54. The first-order valence-corrected chi connectivity index (χ1v) is 7.94. The lowest BCUT2D eigenvalue weighted by molar-refractivity contribution is 0.846. The zero-order valence-electron chi connectivity index (χ0n) is 7.07. The molecule has 72 valence electrons. The van der Waals surface area contributed by atoms with E-state index in [1.165, 1.54) is 23.0 Å². The van der Waals surface area contributed by atoms with Crippen LogP contribution in [0.15, 0.2) is 0 Å². The molecule has 1 aromatic rings. The smallest absolute Gasteiger partial charge is 0.174 e. The lowest BCUT2D eigenvalue weighted by Gasteiger charge is -2.25. The SMILES string of the molecule is CC1SCCSC1c1nsc(I)n1. The van der Waals surface area contributed by atoms with E-state index in [1.54, 1.807) is 0 Å². The first kappa shape index (κ1) is 10.5. The number of halogens is 1. The normalized spacial score (nSPS) is 29.1. The van der Waals surface area contributed by atoms with Crippen LogP contribution in [-0.4, -0.2) is 26.1 Å². The minimum absolute atomic E-state index is 0.513. The van der Waals surface area contributed by atoms with Gasteiger partial charge in [-0.15, -0.1) is 11.8 Å². The Labute approximate surface area is 104 Å². The predicted molar refractivity (Wildman–Crippen MR) is 69.7 cm³/mol. The van der Waals surface area contributed by atoms with Gasteiger partial charge >= 0.3 is 0 Å². The van der Waals surface area contributed by atoms with Gasteiger partial charge in [-0.2, -0.15) is 16.1 Å². The molecule has 2 nitrogen and oxygen atoms in total. The van der Waals surface area contributed by atoms with Crippen LogP contribution >= 0.6 is 57.6 Å². The minimum Gasteiger partial charge on any atom is -0.212 e. The van der Waals surface area contributed by atoms with Crippen LogP contribution in [0.1, 0.15) is 18.0 Å². The molecule has 2 atom stereocenters. The van der Waals surface area contributed by atoms with Gasteiger partial charge in [-0.25, -0.2) is 4.98 Å². The van der Waals surface area contributed by atoms with Gasteiger partial charge in [0.2, 0.25) is 0 Å². The van der Waals surface area contributed by atoms with E-state index in [2.05, 4.69) is 38.9 Å². The molecule has 0 N–H and O–H groups in total. The summed E-state index contributed by atoms with van der Waals surface area (Å²) in [6, 6.07) is 0. The van der Waals surface area contributed by atoms with Crippen molar-refractivity contribution in [1.29, 1.82) is 0 Å². The Hall–Kier alpha value is 0.990. The van der Waals surface area contributed by atoms with Gasteiger partial charge in [0.1, 0.15) is 0 Å². The number of hydrogen-bond donors (Lipinski definition) is 0. The zero-order valence-corrected chi connectivity index (χ0v) is 11.7. The zero-order chi connectivity index (χ0) is 9.26. The molecule has 1 saturated heterocycles. The Bertz CT molecular complexity index is 291. The molecule has 0 saturated carbocycles. The highest BCUT2D eigenvalue weighted by atomic mass is 127. The largest absolute Gasteiger partial charge is 0.212 e. The van der Waals surface area contributed by atoms with Gasteiger partial charge in [0.25, 0.3) is 0 Å². The van der Waals surface area contributed by atoms with Crippen molar-refractivity contribution in [3.8, 4) is 0 Å². The molecule has 1 aliphatic heterocycles. The molecule has 2 rings (SSSR count). The maximum absolute atomic E-state index is 4.44. The third-order valence-corrected chi connectivity index (χ3v) is 6.30. The second-order valence-electron chi connectivity index (χ2n) is 2.77. The molecular formula is C7H9IN2S3. The van der Waals surface area contributed by atoms with Gasteiger partial charge in [0.15, 0.2) is 8.84 Å². The molecule has 0 aromatic carbocycles. The molecular weight excluding hydrogens is 335 g/mol. The molecule has 1 aromatic heterocycles. The number of hydrogen-bond acceptors (Lipinski definition) is 5. The average Bonchev–Trinajstić information content (AvgIpc) is 2.53. The van der Waals surface area contributed by atoms with E-state index in [9.17, 15) is 0 Å². The summed E-state index contributed by atoms with van der Waals surface area (Å²) < 4.78 is 5.43. The van der Waals surface area contributed by atoms with Gasteiger partial charge in [0, 0.05) is 16.8 Å². The topological polar surface area (TPSA) is 25.8 Å². The van der Waals surface area contributed by atoms with Crippen LogP contribution in [0.5, 0.6) is 0 Å². The average molecular weight is 344 g/mol. The second-order valence-corrected chi connectivity index (χ2v) is 8.01. The third kappa shape index (κ3) is 2.51. The standard InChI is InChI=1S/C7H9IN2S3/c1-4-5(12-3-2-11-4)6-9-7(8)13-10-6/h4-5H,2-3H2,1H3. The first-order chi connectivity index (χ1) is 6.27. The maximum atomic E-state index is 4.44. The number of rotatable bonds is 1.